The molecule has 2 aromatic rings. The molecule has 29 heavy (non-hydrogen) atoms. The van der Waals surface area contributed by atoms with Gasteiger partial charge in [0.1, 0.15) is 5.82 Å². The molecule has 0 spiro atoms. The monoisotopic (exact) mass is 457 g/mol. The predicted octanol–water partition coefficient (Wildman–Crippen LogP) is 3.86. The molecular weight excluding hydrogens is 429 g/mol. The van der Waals surface area contributed by atoms with Gasteiger partial charge >= 0.3 is 0 Å². The lowest BCUT2D eigenvalue weighted by atomic mass is 10.1. The van der Waals surface area contributed by atoms with Crippen molar-refractivity contribution in [3.63, 3.8) is 0 Å². The summed E-state index contributed by atoms with van der Waals surface area (Å²) in [4.78, 5) is 12.5. The standard InChI is InChI=1S/C20H27N5OS.2ClH/c1-14-6-7-15(20-24-23-18-5-3-2-4-9-25(18)20)11-17(14)22-19(26)12-16-13-27-10-8-21-16;;/h6-7,11,16,21H,2-5,8-10,12-13H2,1H3,(H,22,26);2*1H. The van der Waals surface area contributed by atoms with E-state index in [1.54, 1.807) is 0 Å². The Morgan fingerprint density at radius 1 is 1.28 bits per heavy atom. The number of nitrogens with one attached hydrogen (secondary N) is 2. The molecule has 1 saturated heterocycles. The smallest absolute Gasteiger partial charge is 0.225 e. The van der Waals surface area contributed by atoms with Gasteiger partial charge in [-0.3, -0.25) is 4.79 Å². The maximum Gasteiger partial charge on any atom is 0.225 e. The Bertz CT molecular complexity index is 823. The molecule has 1 atom stereocenters. The predicted molar refractivity (Wildman–Crippen MR) is 125 cm³/mol. The molecule has 2 aliphatic heterocycles. The van der Waals surface area contributed by atoms with E-state index in [0.717, 1.165) is 59.5 Å². The van der Waals surface area contributed by atoms with E-state index in [1.165, 1.54) is 19.3 Å². The number of benzene rings is 1. The number of nitrogens with zero attached hydrogens (tertiary/aromatic N) is 3. The van der Waals surface area contributed by atoms with Gasteiger partial charge in [-0.2, -0.15) is 11.8 Å². The number of hydrogen-bond acceptors (Lipinski definition) is 5. The lowest BCUT2D eigenvalue weighted by Gasteiger charge is -2.22. The summed E-state index contributed by atoms with van der Waals surface area (Å²) in [6.07, 6.45) is 5.10. The van der Waals surface area contributed by atoms with Crippen LogP contribution in [-0.4, -0.2) is 44.8 Å². The molecular formula is C20H29Cl2N5OS. The Morgan fingerprint density at radius 3 is 2.93 bits per heavy atom. The highest BCUT2D eigenvalue weighted by atomic mass is 35.5. The Labute approximate surface area is 188 Å². The van der Waals surface area contributed by atoms with Crippen molar-refractivity contribution < 1.29 is 4.79 Å². The molecule has 0 saturated carbocycles. The second-order valence-corrected chi connectivity index (χ2v) is 8.56. The van der Waals surface area contributed by atoms with E-state index in [-0.39, 0.29) is 36.8 Å². The number of fused-ring (bicyclic) bond motifs is 1. The van der Waals surface area contributed by atoms with Gasteiger partial charge in [-0.15, -0.1) is 35.0 Å². The van der Waals surface area contributed by atoms with Crippen LogP contribution in [0.25, 0.3) is 11.4 Å². The lowest BCUT2D eigenvalue weighted by molar-refractivity contribution is -0.116. The van der Waals surface area contributed by atoms with Crippen molar-refractivity contribution in [1.29, 1.82) is 0 Å². The zero-order chi connectivity index (χ0) is 18.6. The van der Waals surface area contributed by atoms with Gasteiger partial charge in [0.15, 0.2) is 5.82 Å². The number of aromatic nitrogens is 3. The Hall–Kier alpha value is -1.28. The maximum absolute atomic E-state index is 12.5. The number of anilines is 1. The van der Waals surface area contributed by atoms with Crippen LogP contribution in [-0.2, 0) is 17.8 Å². The fourth-order valence-electron chi connectivity index (χ4n) is 3.77. The third-order valence-electron chi connectivity index (χ3n) is 5.31. The lowest BCUT2D eigenvalue weighted by Crippen LogP contribution is -2.39. The van der Waals surface area contributed by atoms with Crippen molar-refractivity contribution in [1.82, 2.24) is 20.1 Å². The fourth-order valence-corrected chi connectivity index (χ4v) is 4.72. The summed E-state index contributed by atoms with van der Waals surface area (Å²) in [6, 6.07) is 6.43. The first-order valence-electron chi connectivity index (χ1n) is 9.85. The van der Waals surface area contributed by atoms with Crippen molar-refractivity contribution in [2.75, 3.05) is 23.4 Å². The van der Waals surface area contributed by atoms with E-state index in [0.29, 0.717) is 6.42 Å². The number of rotatable bonds is 4. The number of aryl methyl sites for hydroxylation is 2. The Balaban J connectivity index is 0.00000150. The van der Waals surface area contributed by atoms with Gasteiger partial charge in [0.05, 0.1) is 0 Å². The first-order chi connectivity index (χ1) is 13.2. The van der Waals surface area contributed by atoms with E-state index in [2.05, 4.69) is 37.5 Å². The van der Waals surface area contributed by atoms with Crippen molar-refractivity contribution in [2.45, 2.75) is 51.6 Å². The topological polar surface area (TPSA) is 71.8 Å². The number of thioether (sulfide) groups is 1. The summed E-state index contributed by atoms with van der Waals surface area (Å²) < 4.78 is 2.24. The molecule has 0 aliphatic carbocycles. The molecule has 1 aromatic heterocycles. The van der Waals surface area contributed by atoms with Gasteiger partial charge in [-0.25, -0.2) is 0 Å². The molecule has 2 N–H and O–H groups in total. The molecule has 9 heteroatoms. The minimum Gasteiger partial charge on any atom is -0.326 e. The molecule has 1 amide bonds. The van der Waals surface area contributed by atoms with Gasteiger partial charge in [0.2, 0.25) is 5.91 Å². The summed E-state index contributed by atoms with van der Waals surface area (Å²) in [5.74, 6) is 4.18. The van der Waals surface area contributed by atoms with Gasteiger partial charge in [0.25, 0.3) is 0 Å². The highest BCUT2D eigenvalue weighted by molar-refractivity contribution is 7.99. The number of amides is 1. The summed E-state index contributed by atoms with van der Waals surface area (Å²) in [6.45, 7) is 3.98. The number of halogens is 2. The first kappa shape index (κ1) is 24.0. The zero-order valence-corrected chi connectivity index (χ0v) is 19.1. The van der Waals surface area contributed by atoms with Crippen LogP contribution in [0.3, 0.4) is 0 Å². The van der Waals surface area contributed by atoms with Crippen molar-refractivity contribution >= 4 is 48.2 Å². The molecule has 1 aromatic carbocycles. The van der Waals surface area contributed by atoms with Crippen molar-refractivity contribution in [2.24, 2.45) is 0 Å². The van der Waals surface area contributed by atoms with Gasteiger partial charge in [-0.1, -0.05) is 18.6 Å². The average Bonchev–Trinajstić information content (AvgIpc) is 2.92. The third-order valence-corrected chi connectivity index (χ3v) is 6.44. The molecule has 2 aliphatic rings. The number of carbonyl (C=O) groups is 1. The summed E-state index contributed by atoms with van der Waals surface area (Å²) >= 11 is 1.91. The van der Waals surface area contributed by atoms with E-state index >= 15 is 0 Å². The summed E-state index contributed by atoms with van der Waals surface area (Å²) in [7, 11) is 0. The average molecular weight is 458 g/mol. The van der Waals surface area contributed by atoms with Crippen LogP contribution < -0.4 is 10.6 Å². The normalized spacial score (nSPS) is 18.6. The first-order valence-corrected chi connectivity index (χ1v) is 11.0. The van der Waals surface area contributed by atoms with Crippen LogP contribution in [0.15, 0.2) is 18.2 Å². The molecule has 0 radical (unpaired) electrons. The molecule has 4 rings (SSSR count). The van der Waals surface area contributed by atoms with Crippen molar-refractivity contribution in [3.05, 3.63) is 29.6 Å². The largest absolute Gasteiger partial charge is 0.326 e. The minimum absolute atomic E-state index is 0. The summed E-state index contributed by atoms with van der Waals surface area (Å²) in [5.41, 5.74) is 2.95. The van der Waals surface area contributed by atoms with Crippen LogP contribution in [0.5, 0.6) is 0 Å². The zero-order valence-electron chi connectivity index (χ0n) is 16.6. The van der Waals surface area contributed by atoms with Crippen LogP contribution in [0, 0.1) is 6.92 Å². The van der Waals surface area contributed by atoms with Crippen molar-refractivity contribution in [3.8, 4) is 11.4 Å². The highest BCUT2D eigenvalue weighted by Crippen LogP contribution is 2.27. The van der Waals surface area contributed by atoms with E-state index in [4.69, 9.17) is 0 Å². The van der Waals surface area contributed by atoms with Crippen LogP contribution in [0.4, 0.5) is 5.69 Å². The number of hydrogen-bond donors (Lipinski definition) is 2. The van der Waals surface area contributed by atoms with Crippen LogP contribution in [0.1, 0.15) is 37.1 Å². The molecule has 3 heterocycles. The molecule has 6 nitrogen and oxygen atoms in total. The molecule has 1 unspecified atom stereocenters. The summed E-state index contributed by atoms with van der Waals surface area (Å²) in [5, 5.41) is 15.4. The second kappa shape index (κ2) is 11.2. The fraction of sp³-hybridized carbons (Fsp3) is 0.550. The molecule has 160 valence electrons. The highest BCUT2D eigenvalue weighted by Gasteiger charge is 2.19. The van der Waals surface area contributed by atoms with Gasteiger partial charge in [0, 0.05) is 54.7 Å². The Kier molecular flexibility index (Phi) is 9.27. The number of carbonyl (C=O) groups excluding carboxylic acids is 1. The van der Waals surface area contributed by atoms with Crippen LogP contribution in [0.2, 0.25) is 0 Å². The van der Waals surface area contributed by atoms with E-state index in [1.807, 2.05) is 24.8 Å². The minimum atomic E-state index is 0. The van der Waals surface area contributed by atoms with Gasteiger partial charge in [-0.05, 0) is 31.4 Å². The third kappa shape index (κ3) is 5.87. The SMILES string of the molecule is Cc1ccc(-c2nnc3n2CCCCC3)cc1NC(=O)CC1CSCCN1.Cl.Cl. The maximum atomic E-state index is 12.5. The quantitative estimate of drug-likeness (QED) is 0.728. The Morgan fingerprint density at radius 2 is 2.14 bits per heavy atom. The van der Waals surface area contributed by atoms with Crippen LogP contribution >= 0.6 is 36.6 Å². The van der Waals surface area contributed by atoms with Gasteiger partial charge < -0.3 is 15.2 Å². The molecule has 0 bridgehead atoms. The van der Waals surface area contributed by atoms with E-state index < -0.39 is 0 Å². The van der Waals surface area contributed by atoms with E-state index in [9.17, 15) is 4.79 Å². The molecule has 1 fully saturated rings. The second-order valence-electron chi connectivity index (χ2n) is 7.41.